The van der Waals surface area contributed by atoms with Crippen molar-refractivity contribution >= 4 is 11.9 Å². The Kier molecular flexibility index (Phi) is 45.2. The maximum Gasteiger partial charge on any atom is 0.305 e. The lowest BCUT2D eigenvalue weighted by Gasteiger charge is -2.20. The summed E-state index contributed by atoms with van der Waals surface area (Å²) in [7, 11) is 0. The third kappa shape index (κ3) is 43.5. The van der Waals surface area contributed by atoms with Gasteiger partial charge in [-0.15, -0.1) is 0 Å². The molecule has 0 bridgehead atoms. The summed E-state index contributed by atoms with van der Waals surface area (Å²) in [5, 5.41) is 22.9. The van der Waals surface area contributed by atoms with Crippen LogP contribution in [0.4, 0.5) is 0 Å². The van der Waals surface area contributed by atoms with Gasteiger partial charge < -0.3 is 20.3 Å². The van der Waals surface area contributed by atoms with E-state index in [1.165, 1.54) is 161 Å². The molecule has 0 aliphatic carbocycles. The molecule has 0 aliphatic rings. The normalized spacial score (nSPS) is 13.0. The van der Waals surface area contributed by atoms with Crippen LogP contribution >= 0.6 is 0 Å². The molecule has 0 radical (unpaired) electrons. The van der Waals surface area contributed by atoms with E-state index in [4.69, 9.17) is 4.74 Å². The van der Waals surface area contributed by atoms with Crippen LogP contribution in [0.3, 0.4) is 0 Å². The van der Waals surface area contributed by atoms with Crippen LogP contribution in [0.1, 0.15) is 251 Å². The predicted octanol–water partition coefficient (Wildman–Crippen LogP) is 14.5. The minimum absolute atomic E-state index is 0.0203. The fourth-order valence-electron chi connectivity index (χ4n) is 7.31. The van der Waals surface area contributed by atoms with E-state index in [9.17, 15) is 19.8 Å². The number of aliphatic hydroxyl groups is 2. The van der Waals surface area contributed by atoms with E-state index in [2.05, 4.69) is 43.5 Å². The summed E-state index contributed by atoms with van der Waals surface area (Å²) >= 11 is 0. The maximum absolute atomic E-state index is 12.4. The van der Waals surface area contributed by atoms with Crippen LogP contribution in [0.25, 0.3) is 0 Å². The molecule has 0 aliphatic heterocycles. The van der Waals surface area contributed by atoms with E-state index < -0.39 is 12.1 Å². The van der Waals surface area contributed by atoms with Gasteiger partial charge in [0, 0.05) is 12.8 Å². The van der Waals surface area contributed by atoms with Crippen LogP contribution in [-0.2, 0) is 14.3 Å². The van der Waals surface area contributed by atoms with Gasteiger partial charge in [0.15, 0.2) is 0 Å². The van der Waals surface area contributed by atoms with Crippen molar-refractivity contribution in [3.8, 4) is 0 Å². The Bertz CT molecular complexity index is 931. The average Bonchev–Trinajstić information content (AvgIpc) is 3.21. The second-order valence-corrected chi connectivity index (χ2v) is 16.8. The minimum Gasteiger partial charge on any atom is -0.466 e. The van der Waals surface area contributed by atoms with Crippen molar-refractivity contribution in [2.45, 2.75) is 264 Å². The molecule has 3 N–H and O–H groups in total. The molecule has 0 rings (SSSR count). The van der Waals surface area contributed by atoms with Crippen molar-refractivity contribution < 1.29 is 24.5 Å². The number of amides is 1. The van der Waals surface area contributed by atoms with Crippen LogP contribution in [-0.4, -0.2) is 47.4 Å². The first-order valence-electron chi connectivity index (χ1n) is 24.8. The SMILES string of the molecule is CCCCC/C=C\C/C=C\CCCCCCCCCCCC(=O)OCCCCCCCCCCCCCC(=O)NC(CO)C(O)/C=C/CCCCCCCCCC. The van der Waals surface area contributed by atoms with Gasteiger partial charge in [-0.1, -0.05) is 211 Å². The number of esters is 1. The highest BCUT2D eigenvalue weighted by molar-refractivity contribution is 5.76. The zero-order valence-corrected chi connectivity index (χ0v) is 37.8. The number of carbonyl (C=O) groups is 2. The second kappa shape index (κ2) is 46.8. The van der Waals surface area contributed by atoms with Gasteiger partial charge in [0.05, 0.1) is 25.4 Å². The summed E-state index contributed by atoms with van der Waals surface area (Å²) in [6, 6.07) is -0.640. The molecule has 0 aromatic heterocycles. The highest BCUT2D eigenvalue weighted by Gasteiger charge is 2.18. The number of nitrogens with one attached hydrogen (secondary N) is 1. The van der Waals surface area contributed by atoms with E-state index in [1.54, 1.807) is 6.08 Å². The number of hydrogen-bond donors (Lipinski definition) is 3. The fraction of sp³-hybridized carbons (Fsp3) is 0.843. The maximum atomic E-state index is 12.4. The molecule has 6 heteroatoms. The molecule has 2 unspecified atom stereocenters. The second-order valence-electron chi connectivity index (χ2n) is 16.8. The number of unbranched alkanes of at least 4 members (excludes halogenated alkanes) is 30. The summed E-state index contributed by atoms with van der Waals surface area (Å²) in [5.74, 6) is -0.110. The van der Waals surface area contributed by atoms with Crippen molar-refractivity contribution in [2.75, 3.05) is 13.2 Å². The van der Waals surface area contributed by atoms with Gasteiger partial charge in [0.2, 0.25) is 5.91 Å². The highest BCUT2D eigenvalue weighted by atomic mass is 16.5. The summed E-state index contributed by atoms with van der Waals surface area (Å²) in [4.78, 5) is 24.4. The van der Waals surface area contributed by atoms with Crippen LogP contribution in [0.15, 0.2) is 36.5 Å². The molecular weight excluding hydrogens is 707 g/mol. The monoisotopic (exact) mass is 802 g/mol. The zero-order valence-electron chi connectivity index (χ0n) is 37.8. The van der Waals surface area contributed by atoms with Gasteiger partial charge in [-0.25, -0.2) is 0 Å². The van der Waals surface area contributed by atoms with Crippen LogP contribution in [0.5, 0.6) is 0 Å². The average molecular weight is 802 g/mol. The molecule has 57 heavy (non-hydrogen) atoms. The number of ether oxygens (including phenoxy) is 1. The van der Waals surface area contributed by atoms with Gasteiger partial charge in [0.1, 0.15) is 0 Å². The Morgan fingerprint density at radius 1 is 0.491 bits per heavy atom. The zero-order chi connectivity index (χ0) is 41.5. The van der Waals surface area contributed by atoms with Gasteiger partial charge >= 0.3 is 5.97 Å². The summed E-state index contributed by atoms with van der Waals surface area (Å²) in [6.45, 7) is 4.80. The Labute approximate surface area is 353 Å². The van der Waals surface area contributed by atoms with Gasteiger partial charge in [-0.2, -0.15) is 0 Å². The lowest BCUT2D eigenvalue weighted by atomic mass is 10.0. The van der Waals surface area contributed by atoms with E-state index >= 15 is 0 Å². The molecule has 6 nitrogen and oxygen atoms in total. The first-order valence-corrected chi connectivity index (χ1v) is 24.8. The van der Waals surface area contributed by atoms with E-state index in [-0.39, 0.29) is 18.5 Å². The Morgan fingerprint density at radius 3 is 1.37 bits per heavy atom. The third-order valence-electron chi connectivity index (χ3n) is 11.2. The fourth-order valence-corrected chi connectivity index (χ4v) is 7.31. The number of hydrogen-bond acceptors (Lipinski definition) is 5. The lowest BCUT2D eigenvalue weighted by Crippen LogP contribution is -2.45. The van der Waals surface area contributed by atoms with E-state index in [1.807, 2.05) is 6.08 Å². The molecule has 0 fully saturated rings. The predicted molar refractivity (Wildman–Crippen MR) is 246 cm³/mol. The number of allylic oxidation sites excluding steroid dienone is 5. The minimum atomic E-state index is -0.855. The van der Waals surface area contributed by atoms with Crippen molar-refractivity contribution in [3.63, 3.8) is 0 Å². The number of rotatable bonds is 45. The molecule has 2 atom stereocenters. The molecule has 0 heterocycles. The molecule has 0 saturated heterocycles. The molecule has 0 aromatic carbocycles. The Hall–Kier alpha value is -1.92. The van der Waals surface area contributed by atoms with Crippen LogP contribution in [0, 0.1) is 0 Å². The van der Waals surface area contributed by atoms with Crippen LogP contribution in [0.2, 0.25) is 0 Å². The van der Waals surface area contributed by atoms with Gasteiger partial charge in [0.25, 0.3) is 0 Å². The van der Waals surface area contributed by atoms with E-state index in [0.717, 1.165) is 64.2 Å². The Balaban J connectivity index is 3.47. The first kappa shape index (κ1) is 55.1. The molecular formula is C51H95NO5. The van der Waals surface area contributed by atoms with E-state index in [0.29, 0.717) is 19.4 Å². The first-order chi connectivity index (χ1) is 28.0. The van der Waals surface area contributed by atoms with Gasteiger partial charge in [-0.3, -0.25) is 9.59 Å². The quantitative estimate of drug-likeness (QED) is 0.0324. The van der Waals surface area contributed by atoms with Crippen molar-refractivity contribution in [1.82, 2.24) is 5.32 Å². The van der Waals surface area contributed by atoms with Gasteiger partial charge in [-0.05, 0) is 64.2 Å². The van der Waals surface area contributed by atoms with Crippen LogP contribution < -0.4 is 5.32 Å². The topological polar surface area (TPSA) is 95.9 Å². The summed E-state index contributed by atoms with van der Waals surface area (Å²) in [5.41, 5.74) is 0. The number of carbonyl (C=O) groups excluding carboxylic acids is 2. The molecule has 1 amide bonds. The molecule has 0 saturated carbocycles. The highest BCUT2D eigenvalue weighted by Crippen LogP contribution is 2.15. The largest absolute Gasteiger partial charge is 0.466 e. The smallest absolute Gasteiger partial charge is 0.305 e. The Morgan fingerprint density at radius 2 is 0.877 bits per heavy atom. The summed E-state index contributed by atoms with van der Waals surface area (Å²) < 4.78 is 5.46. The summed E-state index contributed by atoms with van der Waals surface area (Å²) in [6.07, 6.45) is 55.7. The number of aliphatic hydroxyl groups excluding tert-OH is 2. The third-order valence-corrected chi connectivity index (χ3v) is 11.2. The molecule has 0 aromatic rings. The lowest BCUT2D eigenvalue weighted by molar-refractivity contribution is -0.143. The van der Waals surface area contributed by atoms with Crippen molar-refractivity contribution in [3.05, 3.63) is 36.5 Å². The standard InChI is InChI=1S/C51H95NO5/c1-3-5-7-9-11-13-15-16-17-18-19-20-21-22-25-29-33-37-41-45-51(56)57-46-42-38-34-30-26-23-24-28-32-36-40-44-50(55)52-48(47-53)49(54)43-39-35-31-27-14-12-10-8-6-4-2/h11,13,16-17,39,43,48-49,53-54H,3-10,12,14-15,18-38,40-42,44-47H2,1-2H3,(H,52,55)/b13-11-,17-16-,43-39+. The van der Waals surface area contributed by atoms with Crippen molar-refractivity contribution in [1.29, 1.82) is 0 Å². The molecule has 334 valence electrons. The van der Waals surface area contributed by atoms with Crippen molar-refractivity contribution in [2.24, 2.45) is 0 Å². The molecule has 0 spiro atoms.